The van der Waals surface area contributed by atoms with Gasteiger partial charge in [-0.3, -0.25) is 9.59 Å². The van der Waals surface area contributed by atoms with Gasteiger partial charge in [0.2, 0.25) is 0 Å². The molecule has 3 rings (SSSR count). The van der Waals surface area contributed by atoms with Crippen LogP contribution in [0.5, 0.6) is 0 Å². The second-order valence-corrected chi connectivity index (χ2v) is 6.17. The van der Waals surface area contributed by atoms with E-state index in [1.165, 1.54) is 0 Å². The molecule has 1 N–H and O–H groups in total. The number of hydrogen-bond acceptors (Lipinski definition) is 6. The molecule has 8 heteroatoms. The summed E-state index contributed by atoms with van der Waals surface area (Å²) in [5.74, 6) is -0.0937. The Morgan fingerprint density at radius 2 is 1.80 bits per heavy atom. The molecule has 1 aromatic carbocycles. The SMILES string of the molecule is CC(C)NC(=O)C(=O)N1CCN(c2noc(-c3ccccc3)n2)CC1. The van der Waals surface area contributed by atoms with E-state index in [2.05, 4.69) is 15.5 Å². The highest BCUT2D eigenvalue weighted by Crippen LogP contribution is 2.20. The number of aromatic nitrogens is 2. The lowest BCUT2D eigenvalue weighted by atomic mass is 10.2. The van der Waals surface area contributed by atoms with Crippen LogP contribution in [-0.2, 0) is 9.59 Å². The third-order valence-electron chi connectivity index (χ3n) is 3.90. The van der Waals surface area contributed by atoms with Crippen molar-refractivity contribution >= 4 is 17.8 Å². The molecule has 8 nitrogen and oxygen atoms in total. The monoisotopic (exact) mass is 343 g/mol. The van der Waals surface area contributed by atoms with Crippen LogP contribution in [0, 0.1) is 0 Å². The molecule has 0 radical (unpaired) electrons. The van der Waals surface area contributed by atoms with Gasteiger partial charge in [-0.2, -0.15) is 4.98 Å². The van der Waals surface area contributed by atoms with Crippen molar-refractivity contribution < 1.29 is 14.1 Å². The zero-order chi connectivity index (χ0) is 17.8. The van der Waals surface area contributed by atoms with E-state index >= 15 is 0 Å². The van der Waals surface area contributed by atoms with Gasteiger partial charge >= 0.3 is 11.8 Å². The quantitative estimate of drug-likeness (QED) is 0.833. The Balaban J connectivity index is 1.59. The Morgan fingerprint density at radius 3 is 2.44 bits per heavy atom. The zero-order valence-corrected chi connectivity index (χ0v) is 14.3. The highest BCUT2D eigenvalue weighted by Gasteiger charge is 2.28. The minimum atomic E-state index is -0.561. The summed E-state index contributed by atoms with van der Waals surface area (Å²) in [6.07, 6.45) is 0. The minimum absolute atomic E-state index is 0.0616. The summed E-state index contributed by atoms with van der Waals surface area (Å²) in [5, 5.41) is 6.64. The van der Waals surface area contributed by atoms with Gasteiger partial charge in [0.15, 0.2) is 0 Å². The Kier molecular flexibility index (Phi) is 4.97. The van der Waals surface area contributed by atoms with Crippen molar-refractivity contribution in [2.75, 3.05) is 31.1 Å². The summed E-state index contributed by atoms with van der Waals surface area (Å²) in [5.41, 5.74) is 0.862. The summed E-state index contributed by atoms with van der Waals surface area (Å²) < 4.78 is 5.31. The molecule has 25 heavy (non-hydrogen) atoms. The molecule has 0 atom stereocenters. The van der Waals surface area contributed by atoms with Crippen molar-refractivity contribution in [3.63, 3.8) is 0 Å². The molecule has 2 heterocycles. The standard InChI is InChI=1S/C17H21N5O3/c1-12(2)18-14(23)16(24)21-8-10-22(11-9-21)17-19-15(25-20-17)13-6-4-3-5-7-13/h3-7,12H,8-11H2,1-2H3,(H,18,23). The van der Waals surface area contributed by atoms with Gasteiger partial charge in [-0.05, 0) is 31.1 Å². The van der Waals surface area contributed by atoms with E-state index in [1.54, 1.807) is 4.90 Å². The lowest BCUT2D eigenvalue weighted by Gasteiger charge is -2.33. The molecule has 0 bridgehead atoms. The van der Waals surface area contributed by atoms with E-state index in [0.29, 0.717) is 38.0 Å². The molecule has 0 aliphatic carbocycles. The predicted molar refractivity (Wildman–Crippen MR) is 91.8 cm³/mol. The van der Waals surface area contributed by atoms with E-state index in [-0.39, 0.29) is 6.04 Å². The number of nitrogens with one attached hydrogen (secondary N) is 1. The van der Waals surface area contributed by atoms with Crippen molar-refractivity contribution in [1.29, 1.82) is 0 Å². The molecule has 1 fully saturated rings. The van der Waals surface area contributed by atoms with Crippen LogP contribution < -0.4 is 10.2 Å². The van der Waals surface area contributed by atoms with Gasteiger partial charge in [0.05, 0.1) is 0 Å². The van der Waals surface area contributed by atoms with Crippen LogP contribution in [0.25, 0.3) is 11.5 Å². The second-order valence-electron chi connectivity index (χ2n) is 6.17. The molecule has 132 valence electrons. The number of rotatable bonds is 3. The van der Waals surface area contributed by atoms with Gasteiger partial charge in [0.1, 0.15) is 0 Å². The van der Waals surface area contributed by atoms with Gasteiger partial charge in [-0.1, -0.05) is 18.2 Å². The fourth-order valence-corrected chi connectivity index (χ4v) is 2.62. The number of benzene rings is 1. The van der Waals surface area contributed by atoms with Crippen LogP contribution in [0.2, 0.25) is 0 Å². The number of carbonyl (C=O) groups is 2. The van der Waals surface area contributed by atoms with Gasteiger partial charge < -0.3 is 19.6 Å². The lowest BCUT2D eigenvalue weighted by Crippen LogP contribution is -2.53. The van der Waals surface area contributed by atoms with Crippen LogP contribution in [-0.4, -0.2) is 59.1 Å². The summed E-state index contributed by atoms with van der Waals surface area (Å²) in [6, 6.07) is 9.49. The van der Waals surface area contributed by atoms with Crippen molar-refractivity contribution in [2.45, 2.75) is 19.9 Å². The van der Waals surface area contributed by atoms with E-state index in [0.717, 1.165) is 5.56 Å². The number of piperazine rings is 1. The third kappa shape index (κ3) is 3.96. The third-order valence-corrected chi connectivity index (χ3v) is 3.90. The first kappa shape index (κ1) is 16.9. The highest BCUT2D eigenvalue weighted by atomic mass is 16.5. The van der Waals surface area contributed by atoms with Gasteiger partial charge in [0, 0.05) is 37.8 Å². The Hall–Kier alpha value is -2.90. The average molecular weight is 343 g/mol. The summed E-state index contributed by atoms with van der Waals surface area (Å²) in [4.78, 5) is 31.8. The number of carbonyl (C=O) groups excluding carboxylic acids is 2. The molecule has 1 aliphatic rings. The van der Waals surface area contributed by atoms with Crippen LogP contribution in [0.1, 0.15) is 13.8 Å². The minimum Gasteiger partial charge on any atom is -0.346 e. The Labute approximate surface area is 145 Å². The average Bonchev–Trinajstić information content (AvgIpc) is 3.11. The molecule has 0 saturated carbocycles. The van der Waals surface area contributed by atoms with Crippen LogP contribution >= 0.6 is 0 Å². The molecule has 2 amide bonds. The van der Waals surface area contributed by atoms with E-state index in [1.807, 2.05) is 49.1 Å². The first-order valence-corrected chi connectivity index (χ1v) is 8.28. The zero-order valence-electron chi connectivity index (χ0n) is 14.3. The summed E-state index contributed by atoms with van der Waals surface area (Å²) in [6.45, 7) is 5.63. The van der Waals surface area contributed by atoms with Crippen molar-refractivity contribution in [3.8, 4) is 11.5 Å². The Bertz CT molecular complexity index is 736. The smallest absolute Gasteiger partial charge is 0.312 e. The maximum Gasteiger partial charge on any atom is 0.312 e. The first-order chi connectivity index (χ1) is 12.0. The fraction of sp³-hybridized carbons (Fsp3) is 0.412. The van der Waals surface area contributed by atoms with Crippen LogP contribution in [0.15, 0.2) is 34.9 Å². The van der Waals surface area contributed by atoms with E-state index in [4.69, 9.17) is 4.52 Å². The number of nitrogens with zero attached hydrogens (tertiary/aromatic N) is 4. The van der Waals surface area contributed by atoms with E-state index in [9.17, 15) is 9.59 Å². The lowest BCUT2D eigenvalue weighted by molar-refractivity contribution is -0.146. The predicted octanol–water partition coefficient (Wildman–Crippen LogP) is 0.910. The van der Waals surface area contributed by atoms with Gasteiger partial charge in [-0.25, -0.2) is 0 Å². The molecule has 1 aliphatic heterocycles. The maximum absolute atomic E-state index is 12.1. The normalized spacial score (nSPS) is 14.7. The first-order valence-electron chi connectivity index (χ1n) is 8.28. The fourth-order valence-electron chi connectivity index (χ4n) is 2.62. The molecule has 1 aromatic heterocycles. The number of hydrogen-bond donors (Lipinski definition) is 1. The van der Waals surface area contributed by atoms with Crippen molar-refractivity contribution in [1.82, 2.24) is 20.4 Å². The molecule has 0 unspecified atom stereocenters. The molecule has 1 saturated heterocycles. The topological polar surface area (TPSA) is 91.6 Å². The van der Waals surface area contributed by atoms with Crippen LogP contribution in [0.3, 0.4) is 0 Å². The molecular weight excluding hydrogens is 322 g/mol. The number of amides is 2. The second kappa shape index (κ2) is 7.33. The number of anilines is 1. The van der Waals surface area contributed by atoms with Gasteiger partial charge in [-0.15, -0.1) is 0 Å². The molecule has 0 spiro atoms. The molecule has 2 aromatic rings. The highest BCUT2D eigenvalue weighted by molar-refractivity contribution is 6.35. The van der Waals surface area contributed by atoms with Crippen LogP contribution in [0.4, 0.5) is 5.95 Å². The van der Waals surface area contributed by atoms with E-state index < -0.39 is 11.8 Å². The summed E-state index contributed by atoms with van der Waals surface area (Å²) >= 11 is 0. The van der Waals surface area contributed by atoms with Crippen molar-refractivity contribution in [3.05, 3.63) is 30.3 Å². The Morgan fingerprint density at radius 1 is 1.12 bits per heavy atom. The maximum atomic E-state index is 12.1. The van der Waals surface area contributed by atoms with Crippen molar-refractivity contribution in [2.24, 2.45) is 0 Å². The summed E-state index contributed by atoms with van der Waals surface area (Å²) in [7, 11) is 0. The molecular formula is C17H21N5O3. The van der Waals surface area contributed by atoms with Gasteiger partial charge in [0.25, 0.3) is 11.8 Å². The largest absolute Gasteiger partial charge is 0.346 e.